The number of aliphatic carboxylic acids is 1. The second kappa shape index (κ2) is 10.7. The minimum absolute atomic E-state index is 0.141. The number of carboxylic acid groups (broad SMARTS) is 1. The van der Waals surface area contributed by atoms with Gasteiger partial charge in [0.05, 0.1) is 5.69 Å². The summed E-state index contributed by atoms with van der Waals surface area (Å²) in [7, 11) is 0. The van der Waals surface area contributed by atoms with Crippen molar-refractivity contribution in [2.75, 3.05) is 17.2 Å². The van der Waals surface area contributed by atoms with Gasteiger partial charge >= 0.3 is 18.1 Å². The second-order valence-electron chi connectivity index (χ2n) is 8.98. The molecule has 1 saturated carbocycles. The summed E-state index contributed by atoms with van der Waals surface area (Å²) < 4.78 is 32.7. The zero-order chi connectivity index (χ0) is 24.9. The van der Waals surface area contributed by atoms with E-state index in [0.29, 0.717) is 38.0 Å². The van der Waals surface area contributed by atoms with E-state index in [-0.39, 0.29) is 30.2 Å². The first-order valence-corrected chi connectivity index (χ1v) is 11.6. The van der Waals surface area contributed by atoms with Crippen LogP contribution in [0.2, 0.25) is 0 Å². The van der Waals surface area contributed by atoms with Crippen LogP contribution in [-0.4, -0.2) is 40.7 Å². The van der Waals surface area contributed by atoms with Gasteiger partial charge in [-0.05, 0) is 73.4 Å². The van der Waals surface area contributed by atoms with E-state index in [9.17, 15) is 23.2 Å². The topological polar surface area (TPSA) is 108 Å². The smallest absolute Gasteiger partial charge is 0.410 e. The molecule has 1 aliphatic carbocycles. The lowest BCUT2D eigenvalue weighted by Crippen LogP contribution is -2.39. The molecule has 186 valence electrons. The number of rotatable bonds is 5. The van der Waals surface area contributed by atoms with E-state index in [4.69, 9.17) is 9.84 Å². The molecule has 2 aromatic rings. The van der Waals surface area contributed by atoms with Crippen molar-refractivity contribution in [3.05, 3.63) is 59.2 Å². The van der Waals surface area contributed by atoms with Crippen LogP contribution in [0.1, 0.15) is 43.2 Å². The lowest BCUT2D eigenvalue weighted by atomic mass is 9.85. The summed E-state index contributed by atoms with van der Waals surface area (Å²) in [6.45, 7) is 0.841. The first kappa shape index (κ1) is 24.4. The van der Waals surface area contributed by atoms with Crippen LogP contribution in [0.4, 0.5) is 29.7 Å². The third kappa shape index (κ3) is 6.46. The molecule has 2 aromatic carbocycles. The first-order chi connectivity index (χ1) is 16.8. The minimum Gasteiger partial charge on any atom is -0.481 e. The first-order valence-electron chi connectivity index (χ1n) is 11.6. The van der Waals surface area contributed by atoms with Crippen molar-refractivity contribution in [1.29, 1.82) is 0 Å². The highest BCUT2D eigenvalue weighted by atomic mass is 19.1. The lowest BCUT2D eigenvalue weighted by Gasteiger charge is -2.32. The Morgan fingerprint density at radius 2 is 1.77 bits per heavy atom. The van der Waals surface area contributed by atoms with Gasteiger partial charge < -0.3 is 25.4 Å². The van der Waals surface area contributed by atoms with Gasteiger partial charge in [-0.25, -0.2) is 18.4 Å². The largest absolute Gasteiger partial charge is 0.481 e. The van der Waals surface area contributed by atoms with Gasteiger partial charge in [-0.1, -0.05) is 6.07 Å². The SMILES string of the molecule is O=C(O)CC1CCC(OC(=O)N2CCc3cc(NC(=O)Nc4cc(F)ccc4F)ccc3C2)CC1. The summed E-state index contributed by atoms with van der Waals surface area (Å²) in [4.78, 5) is 37.4. The van der Waals surface area contributed by atoms with Crippen molar-refractivity contribution in [1.82, 2.24) is 4.90 Å². The van der Waals surface area contributed by atoms with Crippen LogP contribution in [-0.2, 0) is 22.5 Å². The molecule has 8 nitrogen and oxygen atoms in total. The average Bonchev–Trinajstić information content (AvgIpc) is 2.82. The van der Waals surface area contributed by atoms with Crippen molar-refractivity contribution < 1.29 is 33.0 Å². The number of hydrogen-bond acceptors (Lipinski definition) is 4. The highest BCUT2D eigenvalue weighted by Crippen LogP contribution is 2.30. The number of benzene rings is 2. The van der Waals surface area contributed by atoms with Gasteiger partial charge in [0.2, 0.25) is 0 Å². The minimum atomic E-state index is -0.795. The average molecular weight is 488 g/mol. The molecule has 0 saturated heterocycles. The molecule has 0 bridgehead atoms. The number of urea groups is 1. The number of carbonyl (C=O) groups excluding carboxylic acids is 2. The fourth-order valence-electron chi connectivity index (χ4n) is 4.58. The van der Waals surface area contributed by atoms with Gasteiger partial charge in [-0.3, -0.25) is 4.79 Å². The Bertz CT molecular complexity index is 1120. The molecule has 35 heavy (non-hydrogen) atoms. The molecule has 0 atom stereocenters. The van der Waals surface area contributed by atoms with Crippen molar-refractivity contribution in [3.8, 4) is 0 Å². The van der Waals surface area contributed by atoms with Crippen molar-refractivity contribution in [2.24, 2.45) is 5.92 Å². The molecule has 0 aromatic heterocycles. The molecule has 0 spiro atoms. The molecule has 4 rings (SSSR count). The van der Waals surface area contributed by atoms with Crippen LogP contribution >= 0.6 is 0 Å². The number of halogens is 2. The highest BCUT2D eigenvalue weighted by Gasteiger charge is 2.28. The van der Waals surface area contributed by atoms with E-state index in [1.807, 2.05) is 6.07 Å². The third-order valence-electron chi connectivity index (χ3n) is 6.44. The van der Waals surface area contributed by atoms with Gasteiger partial charge in [-0.15, -0.1) is 0 Å². The molecule has 3 N–H and O–H groups in total. The highest BCUT2D eigenvalue weighted by molar-refractivity contribution is 5.99. The van der Waals surface area contributed by atoms with Crippen LogP contribution in [0.3, 0.4) is 0 Å². The zero-order valence-electron chi connectivity index (χ0n) is 19.1. The number of anilines is 2. The lowest BCUT2D eigenvalue weighted by molar-refractivity contribution is -0.138. The summed E-state index contributed by atoms with van der Waals surface area (Å²) in [5.74, 6) is -2.06. The molecule has 3 amide bonds. The maximum Gasteiger partial charge on any atom is 0.410 e. The quantitative estimate of drug-likeness (QED) is 0.542. The second-order valence-corrected chi connectivity index (χ2v) is 8.98. The normalized spacial score (nSPS) is 19.4. The number of ether oxygens (including phenoxy) is 1. The Kier molecular flexibility index (Phi) is 7.48. The van der Waals surface area contributed by atoms with Crippen molar-refractivity contribution >= 4 is 29.5 Å². The summed E-state index contributed by atoms with van der Waals surface area (Å²) in [5.41, 5.74) is 2.13. The van der Waals surface area contributed by atoms with Crippen LogP contribution in [0.15, 0.2) is 36.4 Å². The van der Waals surface area contributed by atoms with Gasteiger partial charge in [-0.2, -0.15) is 0 Å². The van der Waals surface area contributed by atoms with E-state index in [1.54, 1.807) is 17.0 Å². The number of carboxylic acids is 1. The van der Waals surface area contributed by atoms with E-state index < -0.39 is 23.6 Å². The van der Waals surface area contributed by atoms with E-state index >= 15 is 0 Å². The Labute approximate surface area is 201 Å². The van der Waals surface area contributed by atoms with E-state index in [0.717, 1.165) is 42.2 Å². The number of fused-ring (bicyclic) bond motifs is 1. The molecular formula is C25H27F2N3O5. The molecule has 0 unspecified atom stereocenters. The Hall–Kier alpha value is -3.69. The molecule has 1 fully saturated rings. The molecule has 2 aliphatic rings. The number of nitrogens with one attached hydrogen (secondary N) is 2. The standard InChI is InChI=1S/C25H27F2N3O5/c26-18-4-8-21(27)22(13-18)29-24(33)28-19-5-3-17-14-30(10-9-16(17)12-19)25(34)35-20-6-1-15(2-7-20)11-23(31)32/h3-5,8,12-13,15,20H,1-2,6-7,9-11,14H2,(H,31,32)(H2,28,29,33). The number of amides is 3. The van der Waals surface area contributed by atoms with Crippen LogP contribution < -0.4 is 10.6 Å². The van der Waals surface area contributed by atoms with Gasteiger partial charge in [0.1, 0.15) is 17.7 Å². The van der Waals surface area contributed by atoms with E-state index in [2.05, 4.69) is 10.6 Å². The van der Waals surface area contributed by atoms with Crippen LogP contribution in [0, 0.1) is 17.6 Å². The predicted octanol–water partition coefficient (Wildman–Crippen LogP) is 5.14. The zero-order valence-corrected chi connectivity index (χ0v) is 19.1. The summed E-state index contributed by atoms with van der Waals surface area (Å²) in [6.07, 6.45) is 2.98. The summed E-state index contributed by atoms with van der Waals surface area (Å²) in [6, 6.07) is 7.39. The van der Waals surface area contributed by atoms with Crippen molar-refractivity contribution in [3.63, 3.8) is 0 Å². The van der Waals surface area contributed by atoms with Gasteiger partial charge in [0.15, 0.2) is 0 Å². The number of carbonyl (C=O) groups is 3. The fraction of sp³-hybridized carbons (Fsp3) is 0.400. The number of hydrogen-bond donors (Lipinski definition) is 3. The third-order valence-corrected chi connectivity index (χ3v) is 6.44. The molecule has 1 heterocycles. The van der Waals surface area contributed by atoms with Gasteiger partial charge in [0.25, 0.3) is 0 Å². The molecular weight excluding hydrogens is 460 g/mol. The van der Waals surface area contributed by atoms with Gasteiger partial charge in [0, 0.05) is 31.3 Å². The predicted molar refractivity (Wildman–Crippen MR) is 124 cm³/mol. The maximum absolute atomic E-state index is 13.7. The van der Waals surface area contributed by atoms with Crippen LogP contribution in [0.5, 0.6) is 0 Å². The molecule has 0 radical (unpaired) electrons. The molecule has 1 aliphatic heterocycles. The Balaban J connectivity index is 1.28. The Morgan fingerprint density at radius 1 is 1.00 bits per heavy atom. The van der Waals surface area contributed by atoms with E-state index in [1.165, 1.54) is 0 Å². The fourth-order valence-corrected chi connectivity index (χ4v) is 4.58. The Morgan fingerprint density at radius 3 is 2.51 bits per heavy atom. The van der Waals surface area contributed by atoms with Crippen LogP contribution in [0.25, 0.3) is 0 Å². The summed E-state index contributed by atoms with van der Waals surface area (Å²) in [5, 5.41) is 13.8. The van der Waals surface area contributed by atoms with Crippen molar-refractivity contribution in [2.45, 2.75) is 51.2 Å². The summed E-state index contributed by atoms with van der Waals surface area (Å²) >= 11 is 0. The monoisotopic (exact) mass is 487 g/mol. The molecule has 10 heteroatoms. The maximum atomic E-state index is 13.7. The number of nitrogens with zero attached hydrogens (tertiary/aromatic N) is 1.